The highest BCUT2D eigenvalue weighted by Crippen LogP contribution is 2.66. The van der Waals surface area contributed by atoms with Crippen LogP contribution in [-0.4, -0.2) is 13.2 Å². The summed E-state index contributed by atoms with van der Waals surface area (Å²) in [5.41, 5.74) is 1.27. The molecule has 0 aromatic carbocycles. The van der Waals surface area contributed by atoms with Gasteiger partial charge in [-0.2, -0.15) is 0 Å². The second-order valence-corrected chi connectivity index (χ2v) is 9.33. The molecule has 4 aliphatic rings. The van der Waals surface area contributed by atoms with Crippen LogP contribution in [0.2, 0.25) is 0 Å². The molecule has 4 fully saturated rings. The summed E-state index contributed by atoms with van der Waals surface area (Å²) in [5, 5.41) is 0. The van der Waals surface area contributed by atoms with E-state index in [9.17, 15) is 0 Å². The third-order valence-electron chi connectivity index (χ3n) is 8.66. The van der Waals surface area contributed by atoms with Gasteiger partial charge >= 0.3 is 0 Å². The predicted molar refractivity (Wildman–Crippen MR) is 87.1 cm³/mol. The lowest BCUT2D eigenvalue weighted by atomic mass is 9.45. The number of hydrogen-bond donors (Lipinski definition) is 0. The number of fused-ring (bicyclic) bond motifs is 5. The van der Waals surface area contributed by atoms with Gasteiger partial charge in [0.25, 0.3) is 0 Å². The van der Waals surface area contributed by atoms with Crippen molar-refractivity contribution >= 4 is 0 Å². The highest BCUT2D eigenvalue weighted by molar-refractivity contribution is 5.09. The van der Waals surface area contributed by atoms with Gasteiger partial charge in [0.15, 0.2) is 0 Å². The van der Waals surface area contributed by atoms with Crippen molar-refractivity contribution in [3.63, 3.8) is 0 Å². The maximum absolute atomic E-state index is 5.96. The minimum absolute atomic E-state index is 0.562. The SMILES string of the molecule is COC1CC[C@@]2(C)CC[C@H]3[C@@H](CC[C@H]4CCCC[C@@]43C)[C@H]12. The first kappa shape index (κ1) is 14.5. The topological polar surface area (TPSA) is 9.23 Å². The van der Waals surface area contributed by atoms with E-state index in [1.54, 1.807) is 0 Å². The number of ether oxygens (including phenoxy) is 1. The minimum atomic E-state index is 0.562. The second kappa shape index (κ2) is 4.98. The van der Waals surface area contributed by atoms with E-state index in [4.69, 9.17) is 4.74 Å². The van der Waals surface area contributed by atoms with Gasteiger partial charge in [0, 0.05) is 7.11 Å². The molecule has 0 heterocycles. The van der Waals surface area contributed by atoms with Gasteiger partial charge in [-0.15, -0.1) is 0 Å². The summed E-state index contributed by atoms with van der Waals surface area (Å²) in [6.45, 7) is 5.26. The Kier molecular flexibility index (Phi) is 3.45. The summed E-state index contributed by atoms with van der Waals surface area (Å²) in [5.74, 6) is 3.88. The molecule has 0 saturated heterocycles. The van der Waals surface area contributed by atoms with E-state index < -0.39 is 0 Å². The number of hydrogen-bond acceptors (Lipinski definition) is 1. The fraction of sp³-hybridized carbons (Fsp3) is 1.00. The molecule has 0 bridgehead atoms. The van der Waals surface area contributed by atoms with E-state index in [-0.39, 0.29) is 0 Å². The van der Waals surface area contributed by atoms with Gasteiger partial charge in [-0.3, -0.25) is 0 Å². The Morgan fingerprint density at radius 3 is 2.48 bits per heavy atom. The first-order valence-corrected chi connectivity index (χ1v) is 9.61. The maximum Gasteiger partial charge on any atom is 0.0607 e. The molecule has 0 aliphatic heterocycles. The molecule has 0 aromatic rings. The van der Waals surface area contributed by atoms with Crippen molar-refractivity contribution in [2.75, 3.05) is 7.11 Å². The molecule has 4 saturated carbocycles. The Labute approximate surface area is 131 Å². The molecule has 1 unspecified atom stereocenters. The first-order chi connectivity index (χ1) is 10.1. The largest absolute Gasteiger partial charge is 0.381 e. The third kappa shape index (κ3) is 1.98. The van der Waals surface area contributed by atoms with E-state index in [2.05, 4.69) is 13.8 Å². The first-order valence-electron chi connectivity index (χ1n) is 9.61. The summed E-state index contributed by atoms with van der Waals surface area (Å²) in [6, 6.07) is 0. The third-order valence-corrected chi connectivity index (χ3v) is 8.66. The van der Waals surface area contributed by atoms with E-state index in [0.29, 0.717) is 16.9 Å². The molecule has 0 radical (unpaired) electrons. The lowest BCUT2D eigenvalue weighted by Crippen LogP contribution is -2.53. The summed E-state index contributed by atoms with van der Waals surface area (Å²) in [6.07, 6.45) is 15.3. The van der Waals surface area contributed by atoms with Crippen molar-refractivity contribution in [2.24, 2.45) is 34.5 Å². The number of rotatable bonds is 1. The fourth-order valence-electron chi connectivity index (χ4n) is 7.55. The van der Waals surface area contributed by atoms with Crippen LogP contribution in [0.15, 0.2) is 0 Å². The second-order valence-electron chi connectivity index (χ2n) is 9.33. The maximum atomic E-state index is 5.96. The molecule has 1 heteroatoms. The zero-order chi connectivity index (χ0) is 14.7. The standard InChI is InChI=1S/C20H34O/c1-19-12-9-16-15(18(19)17(21-3)10-13-19)8-7-14-6-4-5-11-20(14,16)2/h14-18H,4-13H2,1-3H3/t14-,15-,16+,17?,18-,19-,20+/m1/s1. The van der Waals surface area contributed by atoms with Crippen molar-refractivity contribution < 1.29 is 4.74 Å². The van der Waals surface area contributed by atoms with Crippen LogP contribution < -0.4 is 0 Å². The van der Waals surface area contributed by atoms with Crippen LogP contribution in [0.25, 0.3) is 0 Å². The lowest BCUT2D eigenvalue weighted by Gasteiger charge is -2.60. The van der Waals surface area contributed by atoms with Gasteiger partial charge in [-0.05, 0) is 85.9 Å². The van der Waals surface area contributed by atoms with Gasteiger partial charge in [-0.25, -0.2) is 0 Å². The quantitative estimate of drug-likeness (QED) is 0.625. The van der Waals surface area contributed by atoms with E-state index in [0.717, 1.165) is 23.7 Å². The highest BCUT2D eigenvalue weighted by atomic mass is 16.5. The van der Waals surface area contributed by atoms with Crippen molar-refractivity contribution in [3.8, 4) is 0 Å². The van der Waals surface area contributed by atoms with Gasteiger partial charge in [-0.1, -0.05) is 26.7 Å². The average molecular weight is 290 g/mol. The fourth-order valence-corrected chi connectivity index (χ4v) is 7.55. The molecular formula is C20H34O. The molecule has 1 nitrogen and oxygen atoms in total. The summed E-state index contributed by atoms with van der Waals surface area (Å²) in [4.78, 5) is 0. The van der Waals surface area contributed by atoms with Crippen LogP contribution in [-0.2, 0) is 4.74 Å². The van der Waals surface area contributed by atoms with Gasteiger partial charge in [0.05, 0.1) is 6.10 Å². The smallest absolute Gasteiger partial charge is 0.0607 e. The van der Waals surface area contributed by atoms with Gasteiger partial charge < -0.3 is 4.74 Å². The van der Waals surface area contributed by atoms with E-state index >= 15 is 0 Å². The minimum Gasteiger partial charge on any atom is -0.381 e. The lowest BCUT2D eigenvalue weighted by molar-refractivity contribution is -0.127. The Balaban J connectivity index is 1.66. The van der Waals surface area contributed by atoms with Crippen molar-refractivity contribution in [3.05, 3.63) is 0 Å². The van der Waals surface area contributed by atoms with Crippen LogP contribution in [0, 0.1) is 34.5 Å². The molecular weight excluding hydrogens is 256 g/mol. The molecule has 4 rings (SSSR count). The van der Waals surface area contributed by atoms with E-state index in [1.807, 2.05) is 7.11 Å². The van der Waals surface area contributed by atoms with Crippen LogP contribution in [0.5, 0.6) is 0 Å². The molecule has 0 aromatic heterocycles. The van der Waals surface area contributed by atoms with Crippen molar-refractivity contribution in [2.45, 2.75) is 84.2 Å². The molecule has 0 spiro atoms. The molecule has 120 valence electrons. The van der Waals surface area contributed by atoms with Crippen LogP contribution in [0.4, 0.5) is 0 Å². The Morgan fingerprint density at radius 1 is 0.857 bits per heavy atom. The zero-order valence-corrected chi connectivity index (χ0v) is 14.4. The van der Waals surface area contributed by atoms with E-state index in [1.165, 1.54) is 64.2 Å². The van der Waals surface area contributed by atoms with Crippen molar-refractivity contribution in [1.29, 1.82) is 0 Å². The highest BCUT2D eigenvalue weighted by Gasteiger charge is 2.59. The normalized spacial score (nSPS) is 56.4. The Morgan fingerprint density at radius 2 is 1.67 bits per heavy atom. The van der Waals surface area contributed by atoms with Crippen LogP contribution in [0.3, 0.4) is 0 Å². The summed E-state index contributed by atoms with van der Waals surface area (Å²) in [7, 11) is 1.97. The predicted octanol–water partition coefficient (Wildman–Crippen LogP) is 5.43. The molecule has 0 amide bonds. The molecule has 4 aliphatic carbocycles. The van der Waals surface area contributed by atoms with Gasteiger partial charge in [0.1, 0.15) is 0 Å². The average Bonchev–Trinajstić information content (AvgIpc) is 2.83. The summed E-state index contributed by atoms with van der Waals surface area (Å²) < 4.78 is 5.96. The molecule has 7 atom stereocenters. The monoisotopic (exact) mass is 290 g/mol. The van der Waals surface area contributed by atoms with Crippen LogP contribution >= 0.6 is 0 Å². The van der Waals surface area contributed by atoms with Crippen molar-refractivity contribution in [1.82, 2.24) is 0 Å². The Hall–Kier alpha value is -0.0400. The molecule has 0 N–H and O–H groups in total. The number of methoxy groups -OCH3 is 1. The zero-order valence-electron chi connectivity index (χ0n) is 14.4. The van der Waals surface area contributed by atoms with Crippen LogP contribution in [0.1, 0.15) is 78.1 Å². The molecule has 21 heavy (non-hydrogen) atoms. The Bertz CT molecular complexity index is 405. The van der Waals surface area contributed by atoms with Gasteiger partial charge in [0.2, 0.25) is 0 Å². The summed E-state index contributed by atoms with van der Waals surface area (Å²) >= 11 is 0.